The molecule has 1 unspecified atom stereocenters. The molecule has 1 atom stereocenters. The Morgan fingerprint density at radius 1 is 1.35 bits per heavy atom. The number of carbonyl (C=O) groups excluding carboxylic acids is 2. The summed E-state index contributed by atoms with van der Waals surface area (Å²) in [7, 11) is 0. The molecule has 2 N–H and O–H groups in total. The van der Waals surface area contributed by atoms with Crippen LogP contribution in [0.5, 0.6) is 0 Å². The molecule has 0 spiro atoms. The monoisotopic (exact) mass is 328 g/mol. The van der Waals surface area contributed by atoms with Gasteiger partial charge in [-0.05, 0) is 25.0 Å². The highest BCUT2D eigenvalue weighted by atomic mass is 19.4. The summed E-state index contributed by atoms with van der Waals surface area (Å²) in [6.45, 7) is 0.437. The molecule has 1 aromatic rings. The van der Waals surface area contributed by atoms with Crippen molar-refractivity contribution in [1.29, 1.82) is 0 Å². The van der Waals surface area contributed by atoms with Crippen LogP contribution in [-0.2, 0) is 11.0 Å². The third kappa shape index (κ3) is 3.72. The Morgan fingerprint density at radius 3 is 2.74 bits per heavy atom. The molecule has 1 aliphatic heterocycles. The number of alkyl halides is 3. The van der Waals surface area contributed by atoms with Crippen LogP contribution in [0, 0.1) is 0 Å². The lowest BCUT2D eigenvalue weighted by atomic mass is 10.2. The Balaban J connectivity index is 1.56. The summed E-state index contributed by atoms with van der Waals surface area (Å²) in [5, 5.41) is 4.86. The molecule has 1 saturated carbocycles. The van der Waals surface area contributed by atoms with Crippen molar-refractivity contribution in [2.75, 3.05) is 11.9 Å². The number of anilines is 1. The second-order valence-electron chi connectivity index (χ2n) is 5.70. The molecule has 23 heavy (non-hydrogen) atoms. The number of carbonyl (C=O) groups is 2. The van der Waals surface area contributed by atoms with Crippen molar-refractivity contribution in [3.05, 3.63) is 23.9 Å². The van der Waals surface area contributed by atoms with E-state index in [1.165, 1.54) is 0 Å². The minimum absolute atomic E-state index is 0.00464. The predicted octanol–water partition coefficient (Wildman–Crippen LogP) is 1.99. The molecule has 1 saturated heterocycles. The van der Waals surface area contributed by atoms with Gasteiger partial charge in [-0.1, -0.05) is 0 Å². The number of hydrogen-bond acceptors (Lipinski definition) is 3. The van der Waals surface area contributed by atoms with Crippen LogP contribution >= 0.6 is 0 Å². The topological polar surface area (TPSA) is 74.3 Å². The van der Waals surface area contributed by atoms with Gasteiger partial charge in [0, 0.05) is 25.2 Å². The number of pyridine rings is 1. The van der Waals surface area contributed by atoms with E-state index in [4.69, 9.17) is 0 Å². The third-order valence-corrected chi connectivity index (χ3v) is 3.81. The average molecular weight is 328 g/mol. The molecule has 6 nitrogen and oxygen atoms in total. The minimum Gasteiger partial charge on any atom is -0.338 e. The highest BCUT2D eigenvalue weighted by Gasteiger charge is 2.39. The molecular weight excluding hydrogens is 313 g/mol. The highest BCUT2D eigenvalue weighted by molar-refractivity contribution is 5.89. The number of nitrogens with one attached hydrogen (secondary N) is 2. The van der Waals surface area contributed by atoms with E-state index < -0.39 is 17.8 Å². The molecule has 124 valence electrons. The zero-order chi connectivity index (χ0) is 16.6. The lowest BCUT2D eigenvalue weighted by Crippen LogP contribution is -2.40. The Bertz CT molecular complexity index is 631. The maximum Gasteiger partial charge on any atom is 0.416 e. The van der Waals surface area contributed by atoms with Gasteiger partial charge >= 0.3 is 12.2 Å². The summed E-state index contributed by atoms with van der Waals surface area (Å²) >= 11 is 0. The van der Waals surface area contributed by atoms with Crippen molar-refractivity contribution < 1.29 is 22.8 Å². The van der Waals surface area contributed by atoms with E-state index in [1.54, 1.807) is 4.90 Å². The van der Waals surface area contributed by atoms with Crippen molar-refractivity contribution in [2.45, 2.75) is 37.5 Å². The van der Waals surface area contributed by atoms with Crippen LogP contribution in [0.25, 0.3) is 0 Å². The molecule has 2 heterocycles. The zero-order valence-electron chi connectivity index (χ0n) is 12.1. The van der Waals surface area contributed by atoms with Crippen molar-refractivity contribution in [2.24, 2.45) is 0 Å². The largest absolute Gasteiger partial charge is 0.416 e. The number of halogens is 3. The summed E-state index contributed by atoms with van der Waals surface area (Å²) in [4.78, 5) is 29.1. The minimum atomic E-state index is -4.50. The molecule has 1 aromatic heterocycles. The molecule has 2 aliphatic rings. The first-order chi connectivity index (χ1) is 10.8. The first-order valence-electron chi connectivity index (χ1n) is 7.23. The summed E-state index contributed by atoms with van der Waals surface area (Å²) < 4.78 is 37.8. The molecule has 3 amide bonds. The molecule has 3 rings (SSSR count). The van der Waals surface area contributed by atoms with E-state index in [1.807, 2.05) is 0 Å². The van der Waals surface area contributed by atoms with Crippen molar-refractivity contribution >= 4 is 17.8 Å². The number of hydrogen-bond donors (Lipinski definition) is 2. The third-order valence-electron chi connectivity index (χ3n) is 3.81. The second-order valence-corrected chi connectivity index (χ2v) is 5.70. The van der Waals surface area contributed by atoms with E-state index in [9.17, 15) is 22.8 Å². The molecular formula is C14H15F3N4O2. The second kappa shape index (κ2) is 5.71. The smallest absolute Gasteiger partial charge is 0.338 e. The van der Waals surface area contributed by atoms with Crippen molar-refractivity contribution in [3.63, 3.8) is 0 Å². The number of rotatable bonds is 3. The Kier molecular flexibility index (Phi) is 3.87. The van der Waals surface area contributed by atoms with Crippen LogP contribution in [0.4, 0.5) is 23.8 Å². The van der Waals surface area contributed by atoms with Crippen LogP contribution < -0.4 is 10.6 Å². The van der Waals surface area contributed by atoms with Gasteiger partial charge in [0.2, 0.25) is 5.91 Å². The molecule has 0 aromatic carbocycles. The van der Waals surface area contributed by atoms with E-state index >= 15 is 0 Å². The first kappa shape index (κ1) is 15.6. The number of urea groups is 1. The lowest BCUT2D eigenvalue weighted by molar-refractivity contribution is -0.137. The standard InChI is InChI=1S/C14H15F3N4O2/c15-14(16,17)8-3-4-18-11(5-8)20-13(23)19-9-6-12(22)21(7-9)10-1-2-10/h3-5,9-10H,1-2,6-7H2,(H2,18,19,20,23). The lowest BCUT2D eigenvalue weighted by Gasteiger charge is -2.16. The van der Waals surface area contributed by atoms with Gasteiger partial charge in [-0.2, -0.15) is 13.2 Å². The van der Waals surface area contributed by atoms with Gasteiger partial charge in [-0.15, -0.1) is 0 Å². The Labute approximate surface area is 130 Å². The SMILES string of the molecule is O=C(Nc1cc(C(F)(F)F)ccn1)NC1CC(=O)N(C2CC2)C1. The number of amides is 3. The summed E-state index contributed by atoms with van der Waals surface area (Å²) in [6.07, 6.45) is -1.34. The van der Waals surface area contributed by atoms with Crippen LogP contribution in [0.15, 0.2) is 18.3 Å². The number of likely N-dealkylation sites (tertiary alicyclic amines) is 1. The summed E-state index contributed by atoms with van der Waals surface area (Å²) in [5.74, 6) is -0.198. The van der Waals surface area contributed by atoms with Gasteiger partial charge in [-0.3, -0.25) is 10.1 Å². The fourth-order valence-electron chi connectivity index (χ4n) is 2.58. The van der Waals surface area contributed by atoms with Crippen LogP contribution in [0.3, 0.4) is 0 Å². The van der Waals surface area contributed by atoms with Gasteiger partial charge in [0.25, 0.3) is 0 Å². The van der Waals surface area contributed by atoms with Gasteiger partial charge in [-0.25, -0.2) is 9.78 Å². The fraction of sp³-hybridized carbons (Fsp3) is 0.500. The predicted molar refractivity (Wildman–Crippen MR) is 74.5 cm³/mol. The van der Waals surface area contributed by atoms with Crippen LogP contribution in [0.2, 0.25) is 0 Å². The normalized spacial score (nSPS) is 21.4. The molecule has 0 radical (unpaired) electrons. The van der Waals surface area contributed by atoms with E-state index in [0.717, 1.165) is 31.2 Å². The van der Waals surface area contributed by atoms with E-state index in [2.05, 4.69) is 15.6 Å². The van der Waals surface area contributed by atoms with Crippen molar-refractivity contribution in [3.8, 4) is 0 Å². The molecule has 2 fully saturated rings. The fourth-order valence-corrected chi connectivity index (χ4v) is 2.58. The van der Waals surface area contributed by atoms with E-state index in [0.29, 0.717) is 6.54 Å². The quantitative estimate of drug-likeness (QED) is 0.891. The summed E-state index contributed by atoms with van der Waals surface area (Å²) in [6, 6.07) is 0.853. The van der Waals surface area contributed by atoms with Gasteiger partial charge in [0.15, 0.2) is 0 Å². The van der Waals surface area contributed by atoms with Crippen molar-refractivity contribution in [1.82, 2.24) is 15.2 Å². The maximum atomic E-state index is 12.6. The average Bonchev–Trinajstić information content (AvgIpc) is 3.23. The van der Waals surface area contributed by atoms with Crippen LogP contribution in [0.1, 0.15) is 24.8 Å². The van der Waals surface area contributed by atoms with Gasteiger partial charge in [0.1, 0.15) is 5.82 Å². The van der Waals surface area contributed by atoms with Gasteiger partial charge < -0.3 is 10.2 Å². The number of nitrogens with zero attached hydrogens (tertiary/aromatic N) is 2. The van der Waals surface area contributed by atoms with Gasteiger partial charge in [0.05, 0.1) is 11.6 Å². The maximum absolute atomic E-state index is 12.6. The Hall–Kier alpha value is -2.32. The highest BCUT2D eigenvalue weighted by Crippen LogP contribution is 2.31. The van der Waals surface area contributed by atoms with E-state index in [-0.39, 0.29) is 30.2 Å². The summed E-state index contributed by atoms with van der Waals surface area (Å²) in [5.41, 5.74) is -0.890. The zero-order valence-corrected chi connectivity index (χ0v) is 12.1. The first-order valence-corrected chi connectivity index (χ1v) is 7.23. The van der Waals surface area contributed by atoms with Crippen LogP contribution in [-0.4, -0.2) is 40.5 Å². The molecule has 0 bridgehead atoms. The molecule has 1 aliphatic carbocycles. The Morgan fingerprint density at radius 2 is 2.09 bits per heavy atom. The number of aromatic nitrogens is 1. The molecule has 9 heteroatoms.